The molecule has 1 aromatic rings. The number of alkyl halides is 2. The summed E-state index contributed by atoms with van der Waals surface area (Å²) < 4.78 is 34.6. The van der Waals surface area contributed by atoms with Crippen LogP contribution in [0.4, 0.5) is 8.78 Å². The van der Waals surface area contributed by atoms with Gasteiger partial charge in [0.15, 0.2) is 0 Å². The first-order valence-corrected chi connectivity index (χ1v) is 7.18. The zero-order valence-electron chi connectivity index (χ0n) is 11.9. The van der Waals surface area contributed by atoms with Gasteiger partial charge < -0.3 is 14.6 Å². The SMILES string of the molecule is OCCCCN1CCOC(c2cccc(OC(F)F)c2)C1. The summed E-state index contributed by atoms with van der Waals surface area (Å²) in [6, 6.07) is 6.67. The van der Waals surface area contributed by atoms with Crippen LogP contribution in [0.3, 0.4) is 0 Å². The summed E-state index contributed by atoms with van der Waals surface area (Å²) >= 11 is 0. The molecule has 1 N–H and O–H groups in total. The Balaban J connectivity index is 1.94. The molecule has 1 saturated heterocycles. The molecule has 1 aliphatic rings. The minimum Gasteiger partial charge on any atom is -0.435 e. The van der Waals surface area contributed by atoms with Crippen molar-refractivity contribution in [2.45, 2.75) is 25.6 Å². The number of unbranched alkanes of at least 4 members (excludes halogenated alkanes) is 1. The lowest BCUT2D eigenvalue weighted by molar-refractivity contribution is -0.0508. The first-order chi connectivity index (χ1) is 10.2. The number of ether oxygens (including phenoxy) is 2. The van der Waals surface area contributed by atoms with Gasteiger partial charge in [0.2, 0.25) is 0 Å². The van der Waals surface area contributed by atoms with Crippen molar-refractivity contribution in [2.24, 2.45) is 0 Å². The standard InChI is InChI=1S/C15H21F2NO3/c16-15(17)21-13-5-3-4-12(10-13)14-11-18(7-9-20-14)6-1-2-8-19/h3-5,10,14-15,19H,1-2,6-9,11H2. The lowest BCUT2D eigenvalue weighted by atomic mass is 10.1. The number of benzene rings is 1. The molecule has 1 aliphatic heterocycles. The van der Waals surface area contributed by atoms with Crippen molar-refractivity contribution in [3.8, 4) is 5.75 Å². The minimum atomic E-state index is -2.82. The van der Waals surface area contributed by atoms with Gasteiger partial charge in [0, 0.05) is 19.7 Å². The van der Waals surface area contributed by atoms with Crippen molar-refractivity contribution in [1.82, 2.24) is 4.90 Å². The summed E-state index contributed by atoms with van der Waals surface area (Å²) in [7, 11) is 0. The number of halogens is 2. The Morgan fingerprint density at radius 2 is 2.24 bits per heavy atom. The average Bonchev–Trinajstić information content (AvgIpc) is 2.47. The van der Waals surface area contributed by atoms with E-state index in [9.17, 15) is 8.78 Å². The molecule has 4 nitrogen and oxygen atoms in total. The quantitative estimate of drug-likeness (QED) is 0.786. The maximum atomic E-state index is 12.2. The lowest BCUT2D eigenvalue weighted by Gasteiger charge is -2.33. The van der Waals surface area contributed by atoms with Gasteiger partial charge in [-0.25, -0.2) is 0 Å². The van der Waals surface area contributed by atoms with Gasteiger partial charge >= 0.3 is 6.61 Å². The third-order valence-electron chi connectivity index (χ3n) is 3.49. The summed E-state index contributed by atoms with van der Waals surface area (Å²) in [6.07, 6.45) is 1.60. The fraction of sp³-hybridized carbons (Fsp3) is 0.600. The van der Waals surface area contributed by atoms with Gasteiger partial charge in [-0.2, -0.15) is 8.78 Å². The van der Waals surface area contributed by atoms with Crippen LogP contribution in [0.25, 0.3) is 0 Å². The van der Waals surface area contributed by atoms with E-state index in [2.05, 4.69) is 9.64 Å². The van der Waals surface area contributed by atoms with Crippen LogP contribution in [-0.2, 0) is 4.74 Å². The number of hydrogen-bond donors (Lipinski definition) is 1. The zero-order valence-corrected chi connectivity index (χ0v) is 11.9. The molecule has 1 unspecified atom stereocenters. The number of rotatable bonds is 7. The molecule has 1 atom stereocenters. The number of hydrogen-bond acceptors (Lipinski definition) is 4. The van der Waals surface area contributed by atoms with Crippen LogP contribution < -0.4 is 4.74 Å². The van der Waals surface area contributed by atoms with Gasteiger partial charge in [-0.15, -0.1) is 0 Å². The molecular weight excluding hydrogens is 280 g/mol. The molecule has 0 aliphatic carbocycles. The van der Waals surface area contributed by atoms with E-state index < -0.39 is 6.61 Å². The average molecular weight is 301 g/mol. The molecule has 2 rings (SSSR count). The summed E-state index contributed by atoms with van der Waals surface area (Å²) in [5.74, 6) is 0.156. The van der Waals surface area contributed by atoms with Crippen molar-refractivity contribution in [3.05, 3.63) is 29.8 Å². The van der Waals surface area contributed by atoms with Crippen molar-refractivity contribution < 1.29 is 23.4 Å². The first-order valence-electron chi connectivity index (χ1n) is 7.18. The maximum Gasteiger partial charge on any atom is 0.387 e. The van der Waals surface area contributed by atoms with Gasteiger partial charge in [-0.05, 0) is 37.1 Å². The van der Waals surface area contributed by atoms with Crippen molar-refractivity contribution in [1.29, 1.82) is 0 Å². The van der Waals surface area contributed by atoms with Crippen LogP contribution in [0.15, 0.2) is 24.3 Å². The second-order valence-corrected chi connectivity index (χ2v) is 5.04. The van der Waals surface area contributed by atoms with Crippen LogP contribution >= 0.6 is 0 Å². The molecule has 0 radical (unpaired) electrons. The fourth-order valence-corrected chi connectivity index (χ4v) is 2.45. The van der Waals surface area contributed by atoms with Gasteiger partial charge in [0.25, 0.3) is 0 Å². The Hall–Kier alpha value is -1.24. The zero-order chi connectivity index (χ0) is 15.1. The van der Waals surface area contributed by atoms with E-state index in [4.69, 9.17) is 9.84 Å². The van der Waals surface area contributed by atoms with E-state index in [1.807, 2.05) is 6.07 Å². The van der Waals surface area contributed by atoms with Crippen molar-refractivity contribution >= 4 is 0 Å². The highest BCUT2D eigenvalue weighted by atomic mass is 19.3. The normalized spacial score (nSPS) is 19.9. The van der Waals surface area contributed by atoms with E-state index in [1.54, 1.807) is 12.1 Å². The van der Waals surface area contributed by atoms with Gasteiger partial charge in [0.05, 0.1) is 12.7 Å². The topological polar surface area (TPSA) is 41.9 Å². The number of aliphatic hydroxyl groups excluding tert-OH is 1. The largest absolute Gasteiger partial charge is 0.435 e. The first kappa shape index (κ1) is 16.1. The number of nitrogens with zero attached hydrogens (tertiary/aromatic N) is 1. The molecule has 0 bridgehead atoms. The van der Waals surface area contributed by atoms with Crippen LogP contribution in [0.1, 0.15) is 24.5 Å². The van der Waals surface area contributed by atoms with Gasteiger partial charge in [-0.1, -0.05) is 12.1 Å². The molecule has 21 heavy (non-hydrogen) atoms. The molecule has 0 amide bonds. The minimum absolute atomic E-state index is 0.130. The predicted molar refractivity (Wildman–Crippen MR) is 74.5 cm³/mol. The van der Waals surface area contributed by atoms with Crippen LogP contribution in [0.2, 0.25) is 0 Å². The summed E-state index contributed by atoms with van der Waals surface area (Å²) in [5.41, 5.74) is 0.847. The van der Waals surface area contributed by atoms with E-state index in [0.29, 0.717) is 6.61 Å². The fourth-order valence-electron chi connectivity index (χ4n) is 2.45. The Morgan fingerprint density at radius 1 is 1.38 bits per heavy atom. The summed E-state index contributed by atoms with van der Waals surface area (Å²) in [5, 5.41) is 8.81. The monoisotopic (exact) mass is 301 g/mol. The summed E-state index contributed by atoms with van der Waals surface area (Å²) in [6.45, 7) is 0.499. The van der Waals surface area contributed by atoms with Crippen molar-refractivity contribution in [2.75, 3.05) is 32.8 Å². The van der Waals surface area contributed by atoms with Crippen molar-refractivity contribution in [3.63, 3.8) is 0 Å². The van der Waals surface area contributed by atoms with E-state index in [1.165, 1.54) is 6.07 Å². The molecule has 1 aromatic carbocycles. The third-order valence-corrected chi connectivity index (χ3v) is 3.49. The van der Waals surface area contributed by atoms with Gasteiger partial charge in [-0.3, -0.25) is 4.90 Å². The lowest BCUT2D eigenvalue weighted by Crippen LogP contribution is -2.38. The number of aliphatic hydroxyl groups is 1. The molecule has 0 spiro atoms. The van der Waals surface area contributed by atoms with Crippen LogP contribution in [0, 0.1) is 0 Å². The molecule has 1 fully saturated rings. The molecule has 0 saturated carbocycles. The predicted octanol–water partition coefficient (Wildman–Crippen LogP) is 2.43. The molecule has 118 valence electrons. The van der Waals surface area contributed by atoms with Crippen LogP contribution in [-0.4, -0.2) is 49.5 Å². The Labute approximate surface area is 123 Å². The van der Waals surface area contributed by atoms with Crippen LogP contribution in [0.5, 0.6) is 5.75 Å². The highest BCUT2D eigenvalue weighted by Gasteiger charge is 2.22. The molecule has 0 aromatic heterocycles. The molecule has 1 heterocycles. The summed E-state index contributed by atoms with van der Waals surface area (Å²) in [4.78, 5) is 2.27. The Kier molecular flexibility index (Phi) is 6.35. The third kappa shape index (κ3) is 5.22. The van der Waals surface area contributed by atoms with E-state index in [-0.39, 0.29) is 18.5 Å². The second kappa shape index (κ2) is 8.26. The van der Waals surface area contributed by atoms with Gasteiger partial charge in [0.1, 0.15) is 5.75 Å². The Bertz CT molecular complexity index is 431. The second-order valence-electron chi connectivity index (χ2n) is 5.04. The smallest absolute Gasteiger partial charge is 0.387 e. The highest BCUT2D eigenvalue weighted by Crippen LogP contribution is 2.26. The van der Waals surface area contributed by atoms with E-state index >= 15 is 0 Å². The molecular formula is C15H21F2NO3. The Morgan fingerprint density at radius 3 is 3.00 bits per heavy atom. The highest BCUT2D eigenvalue weighted by molar-refractivity contribution is 5.30. The van der Waals surface area contributed by atoms with E-state index in [0.717, 1.165) is 38.0 Å². The number of morpholine rings is 1. The molecule has 6 heteroatoms. The maximum absolute atomic E-state index is 12.2.